The molecule has 2 aromatic rings. The normalized spacial score (nSPS) is 22.3. The van der Waals surface area contributed by atoms with Gasteiger partial charge >= 0.3 is 0 Å². The van der Waals surface area contributed by atoms with Gasteiger partial charge in [-0.25, -0.2) is 0 Å². The highest BCUT2D eigenvalue weighted by molar-refractivity contribution is 6.02. The zero-order valence-corrected chi connectivity index (χ0v) is 17.7. The summed E-state index contributed by atoms with van der Waals surface area (Å²) in [6.45, 7) is 8.65. The number of amides is 1. The van der Waals surface area contributed by atoms with Crippen LogP contribution in [0.4, 0.5) is 0 Å². The van der Waals surface area contributed by atoms with Crippen LogP contribution in [0.15, 0.2) is 59.8 Å². The van der Waals surface area contributed by atoms with E-state index in [0.717, 1.165) is 22.4 Å². The Morgan fingerprint density at radius 1 is 0.897 bits per heavy atom. The van der Waals surface area contributed by atoms with Crippen molar-refractivity contribution in [2.45, 2.75) is 64.2 Å². The summed E-state index contributed by atoms with van der Waals surface area (Å²) in [7, 11) is 0. The molecule has 1 amide bonds. The monoisotopic (exact) mass is 387 g/mol. The number of hydrogen-bond donors (Lipinski definition) is 1. The molecular weight excluding hydrogens is 358 g/mol. The maximum Gasteiger partial charge on any atom is 0.225 e. The maximum atomic E-state index is 13.2. The van der Waals surface area contributed by atoms with Gasteiger partial charge in [-0.05, 0) is 46.9 Å². The molecule has 0 bridgehead atoms. The predicted molar refractivity (Wildman–Crippen MR) is 116 cm³/mol. The van der Waals surface area contributed by atoms with Gasteiger partial charge in [-0.1, -0.05) is 69.3 Å². The van der Waals surface area contributed by atoms with Crippen molar-refractivity contribution in [2.75, 3.05) is 0 Å². The third-order valence-electron chi connectivity index (χ3n) is 6.35. The molecule has 0 fully saturated rings. The van der Waals surface area contributed by atoms with E-state index < -0.39 is 0 Å². The molecule has 29 heavy (non-hydrogen) atoms. The Balaban J connectivity index is 1.67. The van der Waals surface area contributed by atoms with Gasteiger partial charge in [0, 0.05) is 30.0 Å². The number of carbonyl (C=O) groups is 2. The Hall–Kier alpha value is -2.68. The molecular formula is C26H29NO2. The fourth-order valence-corrected chi connectivity index (χ4v) is 4.69. The molecule has 0 saturated carbocycles. The third-order valence-corrected chi connectivity index (χ3v) is 6.35. The van der Waals surface area contributed by atoms with E-state index in [1.807, 2.05) is 18.2 Å². The van der Waals surface area contributed by atoms with E-state index >= 15 is 0 Å². The molecule has 3 heteroatoms. The SMILES string of the molecule is Cc1ccccc1C1CC(=O)NC2=C1C(=O)CC(c1ccc(C(C)(C)C)cc1)C2. The lowest BCUT2D eigenvalue weighted by atomic mass is 9.72. The Morgan fingerprint density at radius 3 is 2.24 bits per heavy atom. The van der Waals surface area contributed by atoms with Gasteiger partial charge in [-0.3, -0.25) is 9.59 Å². The fraction of sp³-hybridized carbons (Fsp3) is 0.385. The van der Waals surface area contributed by atoms with Crippen LogP contribution >= 0.6 is 0 Å². The molecule has 2 unspecified atom stereocenters. The van der Waals surface area contributed by atoms with Crippen molar-refractivity contribution < 1.29 is 9.59 Å². The third kappa shape index (κ3) is 3.78. The number of hydrogen-bond acceptors (Lipinski definition) is 2. The van der Waals surface area contributed by atoms with Gasteiger partial charge in [0.05, 0.1) is 0 Å². The first-order valence-electron chi connectivity index (χ1n) is 10.5. The number of benzene rings is 2. The molecule has 0 aromatic heterocycles. The molecule has 1 N–H and O–H groups in total. The topological polar surface area (TPSA) is 46.2 Å². The zero-order chi connectivity index (χ0) is 20.8. The van der Waals surface area contributed by atoms with Crippen LogP contribution < -0.4 is 5.32 Å². The van der Waals surface area contributed by atoms with Crippen molar-refractivity contribution in [3.63, 3.8) is 0 Å². The van der Waals surface area contributed by atoms with Crippen LogP contribution in [0.25, 0.3) is 0 Å². The van der Waals surface area contributed by atoms with Crippen LogP contribution in [0.1, 0.15) is 74.1 Å². The number of Topliss-reactive ketones (excluding diaryl/α,β-unsaturated/α-hetero) is 1. The molecule has 4 rings (SSSR count). The van der Waals surface area contributed by atoms with Crippen LogP contribution in [0.2, 0.25) is 0 Å². The van der Waals surface area contributed by atoms with Crippen LogP contribution in [-0.4, -0.2) is 11.7 Å². The van der Waals surface area contributed by atoms with E-state index in [0.29, 0.717) is 19.3 Å². The lowest BCUT2D eigenvalue weighted by Gasteiger charge is -2.35. The summed E-state index contributed by atoms with van der Waals surface area (Å²) in [4.78, 5) is 25.7. The molecule has 2 aliphatic rings. The first-order valence-corrected chi connectivity index (χ1v) is 10.5. The first kappa shape index (κ1) is 19.6. The first-order chi connectivity index (χ1) is 13.7. The average Bonchev–Trinajstić information content (AvgIpc) is 2.67. The number of allylic oxidation sites excluding steroid dienone is 2. The maximum absolute atomic E-state index is 13.2. The molecule has 2 atom stereocenters. The summed E-state index contributed by atoms with van der Waals surface area (Å²) in [6.07, 6.45) is 1.57. The van der Waals surface area contributed by atoms with Crippen molar-refractivity contribution in [1.29, 1.82) is 0 Å². The molecule has 1 aliphatic heterocycles. The Bertz CT molecular complexity index is 992. The summed E-state index contributed by atoms with van der Waals surface area (Å²) >= 11 is 0. The smallest absolute Gasteiger partial charge is 0.225 e. The van der Waals surface area contributed by atoms with Crippen molar-refractivity contribution >= 4 is 11.7 Å². The Kier molecular flexibility index (Phi) is 4.94. The summed E-state index contributed by atoms with van der Waals surface area (Å²) in [5, 5.41) is 3.02. The molecule has 0 saturated heterocycles. The second-order valence-electron chi connectivity index (χ2n) is 9.45. The average molecular weight is 388 g/mol. The highest BCUT2D eigenvalue weighted by Gasteiger charge is 2.38. The molecule has 1 heterocycles. The fourth-order valence-electron chi connectivity index (χ4n) is 4.69. The minimum atomic E-state index is -0.128. The van der Waals surface area contributed by atoms with Gasteiger partial charge < -0.3 is 5.32 Å². The van der Waals surface area contributed by atoms with E-state index in [9.17, 15) is 9.59 Å². The summed E-state index contributed by atoms with van der Waals surface area (Å²) < 4.78 is 0. The van der Waals surface area contributed by atoms with Crippen molar-refractivity contribution in [3.05, 3.63) is 82.1 Å². The van der Waals surface area contributed by atoms with Crippen molar-refractivity contribution in [2.24, 2.45) is 0 Å². The van der Waals surface area contributed by atoms with Gasteiger partial charge in [-0.15, -0.1) is 0 Å². The van der Waals surface area contributed by atoms with Gasteiger partial charge in [0.15, 0.2) is 5.78 Å². The van der Waals surface area contributed by atoms with E-state index in [2.05, 4.69) is 63.3 Å². The van der Waals surface area contributed by atoms with Crippen LogP contribution in [0.3, 0.4) is 0 Å². The molecule has 0 radical (unpaired) electrons. The van der Waals surface area contributed by atoms with E-state index in [4.69, 9.17) is 0 Å². The van der Waals surface area contributed by atoms with Gasteiger partial charge in [0.2, 0.25) is 5.91 Å². The Morgan fingerprint density at radius 2 is 1.59 bits per heavy atom. The number of rotatable bonds is 2. The van der Waals surface area contributed by atoms with E-state index in [1.165, 1.54) is 11.1 Å². The highest BCUT2D eigenvalue weighted by Crippen LogP contribution is 2.43. The molecule has 1 aliphatic carbocycles. The molecule has 3 nitrogen and oxygen atoms in total. The molecule has 0 spiro atoms. The predicted octanol–water partition coefficient (Wildman–Crippen LogP) is 5.30. The van der Waals surface area contributed by atoms with E-state index in [-0.39, 0.29) is 28.9 Å². The summed E-state index contributed by atoms with van der Waals surface area (Å²) in [5.41, 5.74) is 6.44. The van der Waals surface area contributed by atoms with E-state index in [1.54, 1.807) is 0 Å². The van der Waals surface area contributed by atoms with Gasteiger partial charge in [0.25, 0.3) is 0 Å². The Labute approximate surface area is 173 Å². The summed E-state index contributed by atoms with van der Waals surface area (Å²) in [5.74, 6) is 0.167. The molecule has 2 aromatic carbocycles. The molecule has 150 valence electrons. The number of aryl methyl sites for hydroxylation is 1. The lowest BCUT2D eigenvalue weighted by Crippen LogP contribution is -2.38. The second-order valence-corrected chi connectivity index (χ2v) is 9.45. The number of ketones is 1. The van der Waals surface area contributed by atoms with Crippen LogP contribution in [0.5, 0.6) is 0 Å². The largest absolute Gasteiger partial charge is 0.329 e. The lowest BCUT2D eigenvalue weighted by molar-refractivity contribution is -0.122. The van der Waals surface area contributed by atoms with Gasteiger partial charge in [-0.2, -0.15) is 0 Å². The van der Waals surface area contributed by atoms with Crippen molar-refractivity contribution in [3.8, 4) is 0 Å². The minimum Gasteiger partial charge on any atom is -0.329 e. The second kappa shape index (κ2) is 7.29. The number of carbonyl (C=O) groups excluding carboxylic acids is 2. The van der Waals surface area contributed by atoms with Gasteiger partial charge in [0.1, 0.15) is 0 Å². The van der Waals surface area contributed by atoms with Crippen LogP contribution in [-0.2, 0) is 15.0 Å². The minimum absolute atomic E-state index is 0.00790. The summed E-state index contributed by atoms with van der Waals surface area (Å²) in [6, 6.07) is 16.7. The quantitative estimate of drug-likeness (QED) is 0.760. The van der Waals surface area contributed by atoms with Crippen molar-refractivity contribution in [1.82, 2.24) is 5.32 Å². The zero-order valence-electron chi connectivity index (χ0n) is 17.7. The number of nitrogens with one attached hydrogen (secondary N) is 1. The standard InChI is InChI=1S/C26H29NO2/c1-16-7-5-6-8-20(16)21-15-24(29)27-22-13-18(14-23(28)25(21)22)17-9-11-19(12-10-17)26(2,3)4/h5-12,18,21H,13-15H2,1-4H3,(H,27,29). The highest BCUT2D eigenvalue weighted by atomic mass is 16.2. The van der Waals surface area contributed by atoms with Crippen LogP contribution in [0, 0.1) is 6.92 Å².